The molecule has 2 aromatic heterocycles. The SMILES string of the molecule is Cc1cc(OCc2ccc(-c3ccccc3-c3nn[nH]n3)cc2)c2cc(Cl)ccc2n1. The fourth-order valence-corrected chi connectivity index (χ4v) is 3.73. The molecule has 0 saturated carbocycles. The number of hydrogen-bond donors (Lipinski definition) is 1. The van der Waals surface area contributed by atoms with E-state index in [-0.39, 0.29) is 0 Å². The molecule has 6 nitrogen and oxygen atoms in total. The first-order valence-corrected chi connectivity index (χ1v) is 10.2. The zero-order valence-corrected chi connectivity index (χ0v) is 17.5. The Morgan fingerprint density at radius 1 is 0.935 bits per heavy atom. The first kappa shape index (κ1) is 19.2. The Morgan fingerprint density at radius 3 is 2.52 bits per heavy atom. The summed E-state index contributed by atoms with van der Waals surface area (Å²) < 4.78 is 6.14. The monoisotopic (exact) mass is 427 g/mol. The molecule has 0 fully saturated rings. The average Bonchev–Trinajstić information content (AvgIpc) is 3.33. The van der Waals surface area contributed by atoms with Crippen molar-refractivity contribution in [3.63, 3.8) is 0 Å². The van der Waals surface area contributed by atoms with Crippen LogP contribution in [0, 0.1) is 6.92 Å². The van der Waals surface area contributed by atoms with Gasteiger partial charge in [-0.2, -0.15) is 5.21 Å². The first-order valence-electron chi connectivity index (χ1n) is 9.79. The molecule has 5 aromatic rings. The van der Waals surface area contributed by atoms with Crippen molar-refractivity contribution in [2.24, 2.45) is 0 Å². The predicted octanol–water partition coefficient (Wildman–Crippen LogP) is 5.62. The molecule has 31 heavy (non-hydrogen) atoms. The van der Waals surface area contributed by atoms with E-state index in [9.17, 15) is 0 Å². The van der Waals surface area contributed by atoms with E-state index in [1.807, 2.05) is 55.5 Å². The van der Waals surface area contributed by atoms with E-state index in [2.05, 4.69) is 49.9 Å². The number of hydrogen-bond acceptors (Lipinski definition) is 5. The Labute approximate surface area is 183 Å². The third-order valence-corrected chi connectivity index (χ3v) is 5.27. The number of fused-ring (bicyclic) bond motifs is 1. The number of aromatic amines is 1. The predicted molar refractivity (Wildman–Crippen MR) is 121 cm³/mol. The minimum Gasteiger partial charge on any atom is -0.488 e. The van der Waals surface area contributed by atoms with E-state index in [0.717, 1.165) is 44.6 Å². The number of benzene rings is 3. The van der Waals surface area contributed by atoms with Gasteiger partial charge >= 0.3 is 0 Å². The van der Waals surface area contributed by atoms with Crippen LogP contribution in [0.5, 0.6) is 5.75 Å². The fourth-order valence-electron chi connectivity index (χ4n) is 3.56. The highest BCUT2D eigenvalue weighted by Gasteiger charge is 2.11. The molecule has 0 spiro atoms. The number of H-pyrrole nitrogens is 1. The van der Waals surface area contributed by atoms with Crippen LogP contribution < -0.4 is 4.74 Å². The first-order chi connectivity index (χ1) is 15.2. The molecule has 3 aromatic carbocycles. The Balaban J connectivity index is 1.39. The molecule has 7 heteroatoms. The second kappa shape index (κ2) is 8.16. The van der Waals surface area contributed by atoms with Crippen molar-refractivity contribution >= 4 is 22.5 Å². The maximum Gasteiger partial charge on any atom is 0.205 e. The number of nitrogens with zero attached hydrogens (tertiary/aromatic N) is 4. The molecule has 0 aliphatic carbocycles. The Hall–Kier alpha value is -3.77. The number of ether oxygens (including phenoxy) is 1. The quantitative estimate of drug-likeness (QED) is 0.393. The van der Waals surface area contributed by atoms with E-state index in [4.69, 9.17) is 16.3 Å². The van der Waals surface area contributed by atoms with Gasteiger partial charge in [0.05, 0.1) is 5.52 Å². The molecule has 0 bridgehead atoms. The van der Waals surface area contributed by atoms with Crippen molar-refractivity contribution in [1.29, 1.82) is 0 Å². The maximum absolute atomic E-state index is 6.17. The molecule has 2 heterocycles. The molecule has 0 unspecified atom stereocenters. The smallest absolute Gasteiger partial charge is 0.205 e. The molecular formula is C24H18ClN5O. The van der Waals surface area contributed by atoms with Gasteiger partial charge in [-0.25, -0.2) is 0 Å². The fraction of sp³-hybridized carbons (Fsp3) is 0.0833. The lowest BCUT2D eigenvalue weighted by Crippen LogP contribution is -1.98. The van der Waals surface area contributed by atoms with E-state index >= 15 is 0 Å². The Bertz CT molecular complexity index is 1350. The van der Waals surface area contributed by atoms with Gasteiger partial charge in [-0.15, -0.1) is 10.2 Å². The zero-order chi connectivity index (χ0) is 21.2. The van der Waals surface area contributed by atoms with Gasteiger partial charge in [-0.1, -0.05) is 60.1 Å². The molecule has 0 aliphatic rings. The highest BCUT2D eigenvalue weighted by Crippen LogP contribution is 2.31. The minimum atomic E-state index is 0.442. The van der Waals surface area contributed by atoms with Gasteiger partial charge in [-0.05, 0) is 47.0 Å². The lowest BCUT2D eigenvalue weighted by atomic mass is 9.98. The number of aryl methyl sites for hydroxylation is 1. The van der Waals surface area contributed by atoms with Gasteiger partial charge < -0.3 is 4.74 Å². The van der Waals surface area contributed by atoms with Gasteiger partial charge in [-0.3, -0.25) is 4.98 Å². The Morgan fingerprint density at radius 2 is 1.74 bits per heavy atom. The summed E-state index contributed by atoms with van der Waals surface area (Å²) in [7, 11) is 0. The van der Waals surface area contributed by atoms with Gasteiger partial charge in [0.2, 0.25) is 5.82 Å². The maximum atomic E-state index is 6.17. The number of aromatic nitrogens is 5. The van der Waals surface area contributed by atoms with Crippen LogP contribution in [0.3, 0.4) is 0 Å². The number of halogens is 1. The second-order valence-corrected chi connectivity index (χ2v) is 7.63. The highest BCUT2D eigenvalue weighted by atomic mass is 35.5. The van der Waals surface area contributed by atoms with Crippen molar-refractivity contribution in [3.05, 3.63) is 89.1 Å². The van der Waals surface area contributed by atoms with Gasteiger partial charge in [0.25, 0.3) is 0 Å². The summed E-state index contributed by atoms with van der Waals surface area (Å²) in [6.07, 6.45) is 0. The third-order valence-electron chi connectivity index (χ3n) is 5.03. The van der Waals surface area contributed by atoms with E-state index in [1.165, 1.54) is 0 Å². The molecule has 1 N–H and O–H groups in total. The largest absolute Gasteiger partial charge is 0.488 e. The molecule has 0 amide bonds. The van der Waals surface area contributed by atoms with Crippen LogP contribution in [0.15, 0.2) is 72.8 Å². The van der Waals surface area contributed by atoms with Gasteiger partial charge in [0.1, 0.15) is 12.4 Å². The summed E-state index contributed by atoms with van der Waals surface area (Å²) in [6, 6.07) is 23.8. The van der Waals surface area contributed by atoms with Crippen LogP contribution in [0.2, 0.25) is 5.02 Å². The van der Waals surface area contributed by atoms with Crippen LogP contribution in [-0.4, -0.2) is 25.6 Å². The zero-order valence-electron chi connectivity index (χ0n) is 16.7. The normalized spacial score (nSPS) is 11.0. The summed E-state index contributed by atoms with van der Waals surface area (Å²) in [5.41, 5.74) is 5.87. The van der Waals surface area contributed by atoms with Crippen LogP contribution in [0.1, 0.15) is 11.3 Å². The molecule has 0 saturated heterocycles. The van der Waals surface area contributed by atoms with E-state index < -0.39 is 0 Å². The third kappa shape index (κ3) is 3.98. The van der Waals surface area contributed by atoms with Crippen molar-refractivity contribution in [1.82, 2.24) is 25.6 Å². The number of pyridine rings is 1. The molecule has 5 rings (SSSR count). The van der Waals surface area contributed by atoms with E-state index in [1.54, 1.807) is 0 Å². The highest BCUT2D eigenvalue weighted by molar-refractivity contribution is 6.31. The van der Waals surface area contributed by atoms with Crippen molar-refractivity contribution in [3.8, 4) is 28.3 Å². The van der Waals surface area contributed by atoms with E-state index in [0.29, 0.717) is 17.5 Å². The minimum absolute atomic E-state index is 0.442. The lowest BCUT2D eigenvalue weighted by Gasteiger charge is -2.12. The topological polar surface area (TPSA) is 76.6 Å². The molecular weight excluding hydrogens is 410 g/mol. The van der Waals surface area contributed by atoms with Crippen molar-refractivity contribution in [2.75, 3.05) is 0 Å². The summed E-state index contributed by atoms with van der Waals surface area (Å²) in [5, 5.41) is 16.0. The summed E-state index contributed by atoms with van der Waals surface area (Å²) in [4.78, 5) is 4.55. The summed E-state index contributed by atoms with van der Waals surface area (Å²) >= 11 is 6.17. The number of rotatable bonds is 5. The molecule has 152 valence electrons. The number of tetrazole rings is 1. The summed E-state index contributed by atoms with van der Waals surface area (Å²) in [5.74, 6) is 1.35. The lowest BCUT2D eigenvalue weighted by molar-refractivity contribution is 0.309. The number of nitrogens with one attached hydrogen (secondary N) is 1. The van der Waals surface area contributed by atoms with Crippen LogP contribution in [-0.2, 0) is 6.61 Å². The standard InChI is InChI=1S/C24H18ClN5O/c1-15-12-23(21-13-18(25)10-11-22(21)26-15)31-14-16-6-8-17(9-7-16)19-4-2-3-5-20(19)24-27-29-30-28-24/h2-13H,14H2,1H3,(H,27,28,29,30). The second-order valence-electron chi connectivity index (χ2n) is 7.19. The van der Waals surface area contributed by atoms with Gasteiger partial charge in [0, 0.05) is 27.7 Å². The van der Waals surface area contributed by atoms with Gasteiger partial charge in [0.15, 0.2) is 0 Å². The van der Waals surface area contributed by atoms with Crippen LogP contribution >= 0.6 is 11.6 Å². The van der Waals surface area contributed by atoms with Crippen LogP contribution in [0.25, 0.3) is 33.4 Å². The molecule has 0 aliphatic heterocycles. The molecule has 0 radical (unpaired) electrons. The molecule has 0 atom stereocenters. The van der Waals surface area contributed by atoms with Crippen molar-refractivity contribution < 1.29 is 4.74 Å². The van der Waals surface area contributed by atoms with Crippen LogP contribution in [0.4, 0.5) is 0 Å². The van der Waals surface area contributed by atoms with Crippen molar-refractivity contribution in [2.45, 2.75) is 13.5 Å². The summed E-state index contributed by atoms with van der Waals surface area (Å²) in [6.45, 7) is 2.40. The average molecular weight is 428 g/mol. The Kier molecular flexibility index (Phi) is 5.06.